The van der Waals surface area contributed by atoms with Crippen LogP contribution in [0.4, 0.5) is 5.69 Å². The molecule has 1 heterocycles. The summed E-state index contributed by atoms with van der Waals surface area (Å²) in [5.74, 6) is 1.59. The van der Waals surface area contributed by atoms with Crippen molar-refractivity contribution in [2.75, 3.05) is 5.32 Å². The van der Waals surface area contributed by atoms with Crippen molar-refractivity contribution in [3.63, 3.8) is 0 Å². The number of rotatable bonds is 3. The Labute approximate surface area is 109 Å². The molecule has 1 aromatic heterocycles. The van der Waals surface area contributed by atoms with Gasteiger partial charge in [0, 0.05) is 24.8 Å². The lowest BCUT2D eigenvalue weighted by Crippen LogP contribution is -2.30. The molecule has 0 amide bonds. The van der Waals surface area contributed by atoms with Gasteiger partial charge in [0.2, 0.25) is 0 Å². The minimum absolute atomic E-state index is 0.0773. The molecular weight excluding hydrogens is 224 g/mol. The molecule has 0 spiro atoms. The molecule has 1 saturated carbocycles. The van der Waals surface area contributed by atoms with Gasteiger partial charge in [-0.15, -0.1) is 0 Å². The fraction of sp³-hybridized carbons (Fsp3) is 0.667. The van der Waals surface area contributed by atoms with Gasteiger partial charge in [0.25, 0.3) is 5.56 Å². The van der Waals surface area contributed by atoms with E-state index in [1.165, 1.54) is 19.3 Å². The van der Waals surface area contributed by atoms with Gasteiger partial charge in [-0.05, 0) is 44.1 Å². The highest BCUT2D eigenvalue weighted by Gasteiger charge is 2.23. The Balaban J connectivity index is 2.07. The van der Waals surface area contributed by atoms with Crippen molar-refractivity contribution in [2.45, 2.75) is 52.6 Å². The van der Waals surface area contributed by atoms with Crippen LogP contribution in [0.25, 0.3) is 0 Å². The molecule has 3 heteroatoms. The molecule has 1 aliphatic carbocycles. The number of pyridine rings is 1. The third-order valence-electron chi connectivity index (χ3n) is 3.87. The monoisotopic (exact) mass is 248 g/mol. The SMILES string of the molecule is CCn1cc(NC2CC(C)CC(C)C2)ccc1=O. The first-order valence-electron chi connectivity index (χ1n) is 7.05. The smallest absolute Gasteiger partial charge is 0.250 e. The van der Waals surface area contributed by atoms with Crippen LogP contribution in [-0.4, -0.2) is 10.6 Å². The third-order valence-corrected chi connectivity index (χ3v) is 3.87. The van der Waals surface area contributed by atoms with E-state index in [1.54, 1.807) is 10.6 Å². The largest absolute Gasteiger partial charge is 0.381 e. The van der Waals surface area contributed by atoms with E-state index >= 15 is 0 Å². The zero-order valence-corrected chi connectivity index (χ0v) is 11.6. The summed E-state index contributed by atoms with van der Waals surface area (Å²) in [7, 11) is 0. The maximum atomic E-state index is 11.5. The molecule has 3 nitrogen and oxygen atoms in total. The topological polar surface area (TPSA) is 34.0 Å². The predicted octanol–water partition coefficient (Wildman–Crippen LogP) is 3.10. The Hall–Kier alpha value is -1.25. The average Bonchev–Trinajstić information content (AvgIpc) is 2.30. The summed E-state index contributed by atoms with van der Waals surface area (Å²) in [4.78, 5) is 11.5. The molecule has 2 rings (SSSR count). The molecule has 1 N–H and O–H groups in total. The lowest BCUT2D eigenvalue weighted by atomic mass is 9.80. The van der Waals surface area contributed by atoms with Crippen LogP contribution in [0.1, 0.15) is 40.0 Å². The van der Waals surface area contributed by atoms with Gasteiger partial charge in [-0.2, -0.15) is 0 Å². The molecule has 0 radical (unpaired) electrons. The van der Waals surface area contributed by atoms with Crippen LogP contribution in [-0.2, 0) is 6.54 Å². The second kappa shape index (κ2) is 5.59. The van der Waals surface area contributed by atoms with E-state index in [2.05, 4.69) is 19.2 Å². The van der Waals surface area contributed by atoms with Gasteiger partial charge in [0.15, 0.2) is 0 Å². The van der Waals surface area contributed by atoms with Crippen LogP contribution in [0, 0.1) is 11.8 Å². The molecule has 0 aromatic carbocycles. The Kier molecular flexibility index (Phi) is 4.10. The Bertz CT molecular complexity index is 442. The molecule has 18 heavy (non-hydrogen) atoms. The highest BCUT2D eigenvalue weighted by molar-refractivity contribution is 5.41. The maximum absolute atomic E-state index is 11.5. The first kappa shape index (κ1) is 13.2. The Morgan fingerprint density at radius 2 is 1.89 bits per heavy atom. The first-order valence-corrected chi connectivity index (χ1v) is 7.05. The van der Waals surface area contributed by atoms with Crippen molar-refractivity contribution in [1.29, 1.82) is 0 Å². The predicted molar refractivity (Wildman–Crippen MR) is 76.0 cm³/mol. The zero-order valence-electron chi connectivity index (χ0n) is 11.6. The quantitative estimate of drug-likeness (QED) is 0.892. The minimum atomic E-state index is 0.0773. The molecule has 2 atom stereocenters. The number of nitrogens with one attached hydrogen (secondary N) is 1. The van der Waals surface area contributed by atoms with Crippen molar-refractivity contribution in [3.05, 3.63) is 28.7 Å². The molecule has 1 aromatic rings. The second-order valence-corrected chi connectivity index (χ2v) is 5.80. The number of anilines is 1. The van der Waals surface area contributed by atoms with Crippen LogP contribution in [0.2, 0.25) is 0 Å². The highest BCUT2D eigenvalue weighted by atomic mass is 16.1. The van der Waals surface area contributed by atoms with Crippen molar-refractivity contribution in [3.8, 4) is 0 Å². The fourth-order valence-corrected chi connectivity index (χ4v) is 3.16. The highest BCUT2D eigenvalue weighted by Crippen LogP contribution is 2.30. The first-order chi connectivity index (χ1) is 8.58. The molecule has 1 aliphatic rings. The minimum Gasteiger partial charge on any atom is -0.381 e. The van der Waals surface area contributed by atoms with Gasteiger partial charge in [0.05, 0.1) is 5.69 Å². The van der Waals surface area contributed by atoms with Crippen LogP contribution < -0.4 is 10.9 Å². The number of aryl methyl sites for hydroxylation is 1. The van der Waals surface area contributed by atoms with E-state index in [-0.39, 0.29) is 5.56 Å². The molecule has 100 valence electrons. The van der Waals surface area contributed by atoms with Crippen molar-refractivity contribution >= 4 is 5.69 Å². The summed E-state index contributed by atoms with van der Waals surface area (Å²) >= 11 is 0. The molecule has 0 bridgehead atoms. The lowest BCUT2D eigenvalue weighted by Gasteiger charge is -2.32. The summed E-state index contributed by atoms with van der Waals surface area (Å²) < 4.78 is 1.75. The number of aromatic nitrogens is 1. The lowest BCUT2D eigenvalue weighted by molar-refractivity contribution is 0.281. The Morgan fingerprint density at radius 3 is 2.50 bits per heavy atom. The maximum Gasteiger partial charge on any atom is 0.250 e. The molecule has 2 unspecified atom stereocenters. The van der Waals surface area contributed by atoms with E-state index in [0.29, 0.717) is 6.04 Å². The number of hydrogen-bond acceptors (Lipinski definition) is 2. The van der Waals surface area contributed by atoms with Gasteiger partial charge in [0.1, 0.15) is 0 Å². The normalized spacial score (nSPS) is 28.1. The summed E-state index contributed by atoms with van der Waals surface area (Å²) in [6.45, 7) is 7.39. The number of nitrogens with zero attached hydrogens (tertiary/aromatic N) is 1. The third kappa shape index (κ3) is 3.15. The summed E-state index contributed by atoms with van der Waals surface area (Å²) in [6, 6.07) is 4.10. The molecular formula is C15H24N2O. The van der Waals surface area contributed by atoms with E-state index in [9.17, 15) is 4.79 Å². The summed E-state index contributed by atoms with van der Waals surface area (Å²) in [5.41, 5.74) is 1.15. The van der Waals surface area contributed by atoms with Crippen LogP contribution in [0.5, 0.6) is 0 Å². The fourth-order valence-electron chi connectivity index (χ4n) is 3.16. The zero-order chi connectivity index (χ0) is 13.1. The summed E-state index contributed by atoms with van der Waals surface area (Å²) in [5, 5.41) is 3.58. The number of hydrogen-bond donors (Lipinski definition) is 1. The molecule has 1 fully saturated rings. The van der Waals surface area contributed by atoms with Crippen molar-refractivity contribution in [2.24, 2.45) is 11.8 Å². The van der Waals surface area contributed by atoms with Gasteiger partial charge < -0.3 is 9.88 Å². The van der Waals surface area contributed by atoms with E-state index in [4.69, 9.17) is 0 Å². The van der Waals surface area contributed by atoms with E-state index in [0.717, 1.165) is 24.1 Å². The van der Waals surface area contributed by atoms with Gasteiger partial charge in [-0.1, -0.05) is 13.8 Å². The average molecular weight is 248 g/mol. The van der Waals surface area contributed by atoms with Crippen molar-refractivity contribution in [1.82, 2.24) is 4.57 Å². The van der Waals surface area contributed by atoms with Crippen LogP contribution >= 0.6 is 0 Å². The van der Waals surface area contributed by atoms with E-state index < -0.39 is 0 Å². The second-order valence-electron chi connectivity index (χ2n) is 5.80. The van der Waals surface area contributed by atoms with Crippen molar-refractivity contribution < 1.29 is 0 Å². The van der Waals surface area contributed by atoms with Gasteiger partial charge in [-0.25, -0.2) is 0 Å². The standard InChI is InChI=1S/C15H24N2O/c1-4-17-10-13(5-6-15(17)18)16-14-8-11(2)7-12(3)9-14/h5-6,10-12,14,16H,4,7-9H2,1-3H3. The van der Waals surface area contributed by atoms with Gasteiger partial charge in [-0.3, -0.25) is 4.79 Å². The molecule has 0 saturated heterocycles. The van der Waals surface area contributed by atoms with Crippen LogP contribution in [0.15, 0.2) is 23.1 Å². The Morgan fingerprint density at radius 1 is 1.22 bits per heavy atom. The van der Waals surface area contributed by atoms with Crippen LogP contribution in [0.3, 0.4) is 0 Å². The van der Waals surface area contributed by atoms with E-state index in [1.807, 2.05) is 19.2 Å². The summed E-state index contributed by atoms with van der Waals surface area (Å²) in [6.07, 6.45) is 5.74. The molecule has 0 aliphatic heterocycles. The van der Waals surface area contributed by atoms with Gasteiger partial charge >= 0.3 is 0 Å².